The Labute approximate surface area is 121 Å². The highest BCUT2D eigenvalue weighted by atomic mass is 16.3. The molecular weight excluding hydrogens is 246 g/mol. The van der Waals surface area contributed by atoms with Crippen LogP contribution in [0.25, 0.3) is 0 Å². The molecule has 106 valence electrons. The average molecular weight is 269 g/mol. The fourth-order valence-corrected chi connectivity index (χ4v) is 2.86. The number of aryl methyl sites for hydroxylation is 3. The van der Waals surface area contributed by atoms with Crippen LogP contribution in [0.2, 0.25) is 0 Å². The summed E-state index contributed by atoms with van der Waals surface area (Å²) in [5, 5.41) is 12.8. The summed E-state index contributed by atoms with van der Waals surface area (Å²) < 4.78 is 0. The van der Waals surface area contributed by atoms with Gasteiger partial charge in [0.1, 0.15) is 5.75 Å². The van der Waals surface area contributed by atoms with Gasteiger partial charge in [-0.1, -0.05) is 29.8 Å². The lowest BCUT2D eigenvalue weighted by Gasteiger charge is -2.20. The number of aromatic hydroxyl groups is 1. The molecule has 0 aliphatic carbocycles. The molecule has 2 nitrogen and oxygen atoms in total. The number of hydrogen-bond donors (Lipinski definition) is 2. The summed E-state index contributed by atoms with van der Waals surface area (Å²) in [5.41, 5.74) is 6.56. The third-order valence-corrected chi connectivity index (χ3v) is 3.72. The lowest BCUT2D eigenvalue weighted by molar-refractivity contribution is 0.474. The predicted octanol–water partition coefficient (Wildman–Crippen LogP) is 4.17. The second-order valence-corrected chi connectivity index (χ2v) is 5.58. The van der Waals surface area contributed by atoms with Crippen LogP contribution in [0.5, 0.6) is 5.75 Å². The van der Waals surface area contributed by atoms with E-state index in [9.17, 15) is 5.11 Å². The molecule has 1 unspecified atom stereocenters. The van der Waals surface area contributed by atoms with Crippen LogP contribution in [0.4, 0.5) is 0 Å². The van der Waals surface area contributed by atoms with Gasteiger partial charge in [-0.05, 0) is 62.1 Å². The molecule has 2 aromatic rings. The summed E-state index contributed by atoms with van der Waals surface area (Å²) >= 11 is 0. The third-order valence-electron chi connectivity index (χ3n) is 3.72. The molecule has 2 aromatic carbocycles. The van der Waals surface area contributed by atoms with Crippen molar-refractivity contribution in [2.75, 3.05) is 0 Å². The molecule has 0 aromatic heterocycles. The van der Waals surface area contributed by atoms with Gasteiger partial charge in [0.05, 0.1) is 0 Å². The van der Waals surface area contributed by atoms with Crippen molar-refractivity contribution in [2.24, 2.45) is 0 Å². The van der Waals surface area contributed by atoms with Gasteiger partial charge in [-0.2, -0.15) is 0 Å². The monoisotopic (exact) mass is 269 g/mol. The fraction of sp³-hybridized carbons (Fsp3) is 0.333. The molecule has 0 radical (unpaired) electrons. The molecule has 0 bridgehead atoms. The minimum absolute atomic E-state index is 0.310. The van der Waals surface area contributed by atoms with E-state index in [2.05, 4.69) is 45.1 Å². The molecule has 0 heterocycles. The number of nitrogens with one attached hydrogen (secondary N) is 1. The largest absolute Gasteiger partial charge is 0.508 e. The number of phenols is 1. The maximum absolute atomic E-state index is 9.29. The Hall–Kier alpha value is -1.80. The number of hydrogen-bond acceptors (Lipinski definition) is 2. The van der Waals surface area contributed by atoms with E-state index in [1.807, 2.05) is 12.1 Å². The Bertz CT molecular complexity index is 564. The van der Waals surface area contributed by atoms with Crippen LogP contribution < -0.4 is 5.32 Å². The molecule has 0 aliphatic rings. The van der Waals surface area contributed by atoms with Gasteiger partial charge in [0.15, 0.2) is 0 Å². The van der Waals surface area contributed by atoms with Crippen molar-refractivity contribution in [1.82, 2.24) is 5.32 Å². The zero-order valence-corrected chi connectivity index (χ0v) is 12.7. The lowest BCUT2D eigenvalue weighted by Crippen LogP contribution is -2.20. The molecule has 20 heavy (non-hydrogen) atoms. The predicted molar refractivity (Wildman–Crippen MR) is 84.0 cm³/mol. The Kier molecular flexibility index (Phi) is 4.46. The van der Waals surface area contributed by atoms with E-state index < -0.39 is 0 Å². The first-order valence-corrected chi connectivity index (χ1v) is 7.06. The van der Waals surface area contributed by atoms with E-state index in [4.69, 9.17) is 0 Å². The van der Waals surface area contributed by atoms with Crippen molar-refractivity contribution in [3.63, 3.8) is 0 Å². The first-order valence-electron chi connectivity index (χ1n) is 7.06. The summed E-state index contributed by atoms with van der Waals surface area (Å²) in [7, 11) is 0. The maximum atomic E-state index is 9.29. The van der Waals surface area contributed by atoms with Gasteiger partial charge >= 0.3 is 0 Å². The van der Waals surface area contributed by atoms with Crippen molar-refractivity contribution in [3.05, 3.63) is 64.2 Å². The second-order valence-electron chi connectivity index (χ2n) is 5.58. The van der Waals surface area contributed by atoms with E-state index >= 15 is 0 Å². The quantitative estimate of drug-likeness (QED) is 0.873. The van der Waals surface area contributed by atoms with E-state index in [1.54, 1.807) is 12.1 Å². The van der Waals surface area contributed by atoms with Gasteiger partial charge in [-0.25, -0.2) is 0 Å². The highest BCUT2D eigenvalue weighted by Crippen LogP contribution is 2.23. The fourth-order valence-electron chi connectivity index (χ4n) is 2.86. The number of benzene rings is 2. The summed E-state index contributed by atoms with van der Waals surface area (Å²) in [6.45, 7) is 9.49. The molecule has 2 N–H and O–H groups in total. The first kappa shape index (κ1) is 14.6. The normalized spacial score (nSPS) is 12.4. The molecule has 0 aliphatic heterocycles. The van der Waals surface area contributed by atoms with Crippen LogP contribution in [0.1, 0.15) is 40.8 Å². The van der Waals surface area contributed by atoms with Gasteiger partial charge in [-0.15, -0.1) is 0 Å². The van der Waals surface area contributed by atoms with Crippen LogP contribution in [0.3, 0.4) is 0 Å². The zero-order valence-electron chi connectivity index (χ0n) is 12.7. The van der Waals surface area contributed by atoms with Crippen LogP contribution in [-0.2, 0) is 6.54 Å². The Balaban J connectivity index is 2.09. The average Bonchev–Trinajstić information content (AvgIpc) is 2.37. The molecular formula is C18H23NO. The number of rotatable bonds is 4. The van der Waals surface area contributed by atoms with Crippen molar-refractivity contribution in [3.8, 4) is 5.75 Å². The Morgan fingerprint density at radius 3 is 2.10 bits per heavy atom. The standard InChI is InChI=1S/C18H23NO/c1-12-9-13(2)18(14(3)10-12)15(4)19-11-16-5-7-17(20)8-6-16/h5-10,15,19-20H,11H2,1-4H3. The first-order chi connectivity index (χ1) is 9.47. The van der Waals surface area contributed by atoms with Crippen LogP contribution in [0.15, 0.2) is 36.4 Å². The van der Waals surface area contributed by atoms with Gasteiger partial charge in [0.2, 0.25) is 0 Å². The summed E-state index contributed by atoms with van der Waals surface area (Å²) in [5.74, 6) is 0.312. The zero-order chi connectivity index (χ0) is 14.7. The molecule has 0 saturated carbocycles. The van der Waals surface area contributed by atoms with Crippen molar-refractivity contribution in [1.29, 1.82) is 0 Å². The lowest BCUT2D eigenvalue weighted by atomic mass is 9.95. The minimum Gasteiger partial charge on any atom is -0.508 e. The molecule has 2 rings (SSSR count). The third kappa shape index (κ3) is 3.40. The maximum Gasteiger partial charge on any atom is 0.115 e. The summed E-state index contributed by atoms with van der Waals surface area (Å²) in [6, 6.07) is 12.1. The van der Waals surface area contributed by atoms with E-state index in [0.29, 0.717) is 11.8 Å². The second kappa shape index (κ2) is 6.10. The Morgan fingerprint density at radius 1 is 1.00 bits per heavy atom. The van der Waals surface area contributed by atoms with Gasteiger partial charge in [-0.3, -0.25) is 0 Å². The van der Waals surface area contributed by atoms with Crippen LogP contribution in [-0.4, -0.2) is 5.11 Å². The van der Waals surface area contributed by atoms with Gasteiger partial charge in [0.25, 0.3) is 0 Å². The van der Waals surface area contributed by atoms with E-state index in [1.165, 1.54) is 27.8 Å². The molecule has 0 spiro atoms. The summed E-state index contributed by atoms with van der Waals surface area (Å²) in [4.78, 5) is 0. The molecule has 2 heteroatoms. The minimum atomic E-state index is 0.310. The molecule has 0 amide bonds. The van der Waals surface area contributed by atoms with Gasteiger partial charge < -0.3 is 10.4 Å². The molecule has 1 atom stereocenters. The van der Waals surface area contributed by atoms with Gasteiger partial charge in [0, 0.05) is 12.6 Å². The molecule has 0 fully saturated rings. The van der Waals surface area contributed by atoms with E-state index in [-0.39, 0.29) is 0 Å². The summed E-state index contributed by atoms with van der Waals surface area (Å²) in [6.07, 6.45) is 0. The SMILES string of the molecule is Cc1cc(C)c(C(C)NCc2ccc(O)cc2)c(C)c1. The van der Waals surface area contributed by atoms with Crippen molar-refractivity contribution >= 4 is 0 Å². The highest BCUT2D eigenvalue weighted by molar-refractivity contribution is 5.39. The van der Waals surface area contributed by atoms with E-state index in [0.717, 1.165) is 6.54 Å². The smallest absolute Gasteiger partial charge is 0.115 e. The highest BCUT2D eigenvalue weighted by Gasteiger charge is 2.11. The van der Waals surface area contributed by atoms with Crippen molar-refractivity contribution < 1.29 is 5.11 Å². The van der Waals surface area contributed by atoms with Crippen molar-refractivity contribution in [2.45, 2.75) is 40.3 Å². The number of phenolic OH excluding ortho intramolecular Hbond substituents is 1. The topological polar surface area (TPSA) is 32.3 Å². The Morgan fingerprint density at radius 2 is 1.55 bits per heavy atom. The van der Waals surface area contributed by atoms with Crippen LogP contribution >= 0.6 is 0 Å². The van der Waals surface area contributed by atoms with Crippen LogP contribution in [0, 0.1) is 20.8 Å². The molecule has 0 saturated heterocycles.